The molecule has 0 aliphatic rings. The lowest BCUT2D eigenvalue weighted by Crippen LogP contribution is -2.22. The minimum Gasteiger partial charge on any atom is -0.321 e. The van der Waals surface area contributed by atoms with Crippen LogP contribution in [0.5, 0.6) is 0 Å². The van der Waals surface area contributed by atoms with E-state index in [0.717, 1.165) is 15.2 Å². The molecule has 2 heterocycles. The van der Waals surface area contributed by atoms with Gasteiger partial charge in [-0.15, -0.1) is 11.3 Å². The van der Waals surface area contributed by atoms with Crippen molar-refractivity contribution in [3.63, 3.8) is 0 Å². The number of hydrogen-bond acceptors (Lipinski definition) is 5. The first kappa shape index (κ1) is 16.3. The predicted octanol–water partition coefficient (Wildman–Crippen LogP) is 3.14. The first-order valence-corrected chi connectivity index (χ1v) is 8.51. The molecular weight excluding hydrogens is 324 g/mol. The van der Waals surface area contributed by atoms with Gasteiger partial charge in [0, 0.05) is 11.4 Å². The second-order valence-corrected chi connectivity index (χ2v) is 7.30. The van der Waals surface area contributed by atoms with Gasteiger partial charge in [0.2, 0.25) is 0 Å². The van der Waals surface area contributed by atoms with Gasteiger partial charge in [-0.3, -0.25) is 4.79 Å². The summed E-state index contributed by atoms with van der Waals surface area (Å²) in [5.74, 6) is -0.0253. The monoisotopic (exact) mass is 342 g/mol. The van der Waals surface area contributed by atoms with Gasteiger partial charge in [0.15, 0.2) is 0 Å². The zero-order valence-corrected chi connectivity index (χ0v) is 14.5. The first-order chi connectivity index (χ1) is 11.4. The molecule has 0 fully saturated rings. The number of amides is 1. The third-order valence-corrected chi connectivity index (χ3v) is 4.35. The van der Waals surface area contributed by atoms with E-state index in [0.29, 0.717) is 23.7 Å². The van der Waals surface area contributed by atoms with Crippen molar-refractivity contribution in [1.82, 2.24) is 15.0 Å². The Hall–Kier alpha value is -2.54. The van der Waals surface area contributed by atoms with Crippen LogP contribution < -0.4 is 11.0 Å². The van der Waals surface area contributed by atoms with Crippen LogP contribution in [0, 0.1) is 12.8 Å². The van der Waals surface area contributed by atoms with Crippen LogP contribution in [0.1, 0.15) is 35.0 Å². The quantitative estimate of drug-likeness (QED) is 0.762. The van der Waals surface area contributed by atoms with E-state index in [-0.39, 0.29) is 5.69 Å². The van der Waals surface area contributed by atoms with Gasteiger partial charge >= 0.3 is 5.69 Å². The number of fused-ring (bicyclic) bond motifs is 1. The SMILES string of the molecule is Cc1nc2ccc(NC(=O)c3cc(CC(C)C)[nH]c(=O)n3)cc2s1. The molecule has 0 saturated heterocycles. The first-order valence-electron chi connectivity index (χ1n) is 7.69. The summed E-state index contributed by atoms with van der Waals surface area (Å²) in [5, 5.41) is 3.77. The number of aromatic amines is 1. The van der Waals surface area contributed by atoms with Crippen molar-refractivity contribution < 1.29 is 4.79 Å². The molecule has 0 atom stereocenters. The van der Waals surface area contributed by atoms with Crippen LogP contribution in [0.4, 0.5) is 5.69 Å². The second kappa shape index (κ2) is 6.52. The maximum Gasteiger partial charge on any atom is 0.345 e. The fourth-order valence-corrected chi connectivity index (χ4v) is 3.35. The summed E-state index contributed by atoms with van der Waals surface area (Å²) in [6, 6.07) is 7.16. The molecule has 2 N–H and O–H groups in total. The van der Waals surface area contributed by atoms with Gasteiger partial charge in [-0.05, 0) is 43.5 Å². The van der Waals surface area contributed by atoms with Crippen molar-refractivity contribution in [2.45, 2.75) is 27.2 Å². The second-order valence-electron chi connectivity index (χ2n) is 6.06. The van der Waals surface area contributed by atoms with Gasteiger partial charge < -0.3 is 10.3 Å². The summed E-state index contributed by atoms with van der Waals surface area (Å²) in [7, 11) is 0. The van der Waals surface area contributed by atoms with Crippen LogP contribution >= 0.6 is 11.3 Å². The molecule has 1 amide bonds. The van der Waals surface area contributed by atoms with Crippen LogP contribution in [0.2, 0.25) is 0 Å². The highest BCUT2D eigenvalue weighted by atomic mass is 32.1. The fraction of sp³-hybridized carbons (Fsp3) is 0.294. The Bertz CT molecular complexity index is 959. The van der Waals surface area contributed by atoms with E-state index in [1.165, 1.54) is 0 Å². The molecule has 3 aromatic rings. The smallest absolute Gasteiger partial charge is 0.321 e. The molecule has 0 bridgehead atoms. The van der Waals surface area contributed by atoms with E-state index in [1.807, 2.05) is 32.9 Å². The Morgan fingerprint density at radius 3 is 2.83 bits per heavy atom. The third-order valence-electron chi connectivity index (χ3n) is 3.41. The lowest BCUT2D eigenvalue weighted by Gasteiger charge is -2.07. The number of H-pyrrole nitrogens is 1. The summed E-state index contributed by atoms with van der Waals surface area (Å²) in [6.45, 7) is 6.04. The lowest BCUT2D eigenvalue weighted by atomic mass is 10.1. The van der Waals surface area contributed by atoms with E-state index >= 15 is 0 Å². The normalized spacial score (nSPS) is 11.2. The number of hydrogen-bond donors (Lipinski definition) is 2. The van der Waals surface area contributed by atoms with E-state index in [2.05, 4.69) is 20.3 Å². The Morgan fingerprint density at radius 2 is 2.08 bits per heavy atom. The van der Waals surface area contributed by atoms with Gasteiger partial charge in [-0.2, -0.15) is 4.98 Å². The number of rotatable bonds is 4. The van der Waals surface area contributed by atoms with Gasteiger partial charge in [0.25, 0.3) is 5.91 Å². The van der Waals surface area contributed by atoms with E-state index < -0.39 is 11.6 Å². The number of aryl methyl sites for hydroxylation is 1. The minimum atomic E-state index is -0.508. The zero-order valence-electron chi connectivity index (χ0n) is 13.7. The average molecular weight is 342 g/mol. The topological polar surface area (TPSA) is 87.7 Å². The molecule has 3 rings (SSSR count). The number of nitrogens with zero attached hydrogens (tertiary/aromatic N) is 2. The highest BCUT2D eigenvalue weighted by Gasteiger charge is 2.12. The molecule has 0 aliphatic heterocycles. The molecule has 2 aromatic heterocycles. The van der Waals surface area contributed by atoms with Gasteiger partial charge in [-0.1, -0.05) is 13.8 Å². The van der Waals surface area contributed by atoms with Crippen LogP contribution in [0.25, 0.3) is 10.2 Å². The van der Waals surface area contributed by atoms with Crippen LogP contribution in [0.3, 0.4) is 0 Å². The van der Waals surface area contributed by atoms with Crippen molar-refractivity contribution in [3.05, 3.63) is 51.1 Å². The fourth-order valence-electron chi connectivity index (χ4n) is 2.49. The molecule has 0 radical (unpaired) electrons. The molecule has 0 saturated carbocycles. The van der Waals surface area contributed by atoms with E-state index in [4.69, 9.17) is 0 Å². The number of aromatic nitrogens is 3. The van der Waals surface area contributed by atoms with Gasteiger partial charge in [0.05, 0.1) is 15.2 Å². The van der Waals surface area contributed by atoms with E-state index in [9.17, 15) is 9.59 Å². The Morgan fingerprint density at radius 1 is 1.29 bits per heavy atom. The summed E-state index contributed by atoms with van der Waals surface area (Å²) < 4.78 is 1.00. The van der Waals surface area contributed by atoms with E-state index in [1.54, 1.807) is 23.5 Å². The maximum absolute atomic E-state index is 12.4. The predicted molar refractivity (Wildman–Crippen MR) is 95.7 cm³/mol. The third kappa shape index (κ3) is 3.68. The van der Waals surface area contributed by atoms with Crippen molar-refractivity contribution in [2.75, 3.05) is 5.32 Å². The Labute approximate surface area is 143 Å². The molecule has 124 valence electrons. The molecular formula is C17H18N4O2S. The van der Waals surface area contributed by atoms with Crippen molar-refractivity contribution in [1.29, 1.82) is 0 Å². The average Bonchev–Trinajstić information content (AvgIpc) is 2.85. The highest BCUT2D eigenvalue weighted by Crippen LogP contribution is 2.24. The van der Waals surface area contributed by atoms with Crippen molar-refractivity contribution in [3.8, 4) is 0 Å². The molecule has 0 spiro atoms. The summed E-state index contributed by atoms with van der Waals surface area (Å²) in [5.41, 5.74) is 1.89. The van der Waals surface area contributed by atoms with Crippen molar-refractivity contribution in [2.24, 2.45) is 5.92 Å². The summed E-state index contributed by atoms with van der Waals surface area (Å²) >= 11 is 1.57. The standard InChI is InChI=1S/C17H18N4O2S/c1-9(2)6-12-7-14(21-17(23)20-12)16(22)19-11-4-5-13-15(8-11)24-10(3)18-13/h4-5,7-9H,6H2,1-3H3,(H,19,22)(H,20,21,23). The molecule has 1 aromatic carbocycles. The van der Waals surface area contributed by atoms with Crippen molar-refractivity contribution >= 4 is 33.1 Å². The Kier molecular flexibility index (Phi) is 4.44. The molecule has 0 aliphatic carbocycles. The number of thiazole rings is 1. The van der Waals surface area contributed by atoms with Gasteiger partial charge in [0.1, 0.15) is 5.69 Å². The summed E-state index contributed by atoms with van der Waals surface area (Å²) in [6.07, 6.45) is 0.685. The molecule has 6 nitrogen and oxygen atoms in total. The maximum atomic E-state index is 12.4. The molecule has 24 heavy (non-hydrogen) atoms. The molecule has 0 unspecified atom stereocenters. The summed E-state index contributed by atoms with van der Waals surface area (Å²) in [4.78, 5) is 34.9. The van der Waals surface area contributed by atoms with Crippen LogP contribution in [-0.2, 0) is 6.42 Å². The number of nitrogens with one attached hydrogen (secondary N) is 2. The molecule has 7 heteroatoms. The highest BCUT2D eigenvalue weighted by molar-refractivity contribution is 7.18. The number of carbonyl (C=O) groups is 1. The van der Waals surface area contributed by atoms with Gasteiger partial charge in [-0.25, -0.2) is 9.78 Å². The zero-order chi connectivity index (χ0) is 17.3. The minimum absolute atomic E-state index is 0.120. The largest absolute Gasteiger partial charge is 0.345 e. The Balaban J connectivity index is 1.85. The van der Waals surface area contributed by atoms with Crippen LogP contribution in [0.15, 0.2) is 29.1 Å². The number of carbonyl (C=O) groups excluding carboxylic acids is 1. The number of anilines is 1. The number of benzene rings is 1. The van der Waals surface area contributed by atoms with Crippen LogP contribution in [-0.4, -0.2) is 20.9 Å². The lowest BCUT2D eigenvalue weighted by molar-refractivity contribution is 0.102.